The minimum Gasteiger partial charge on any atom is -0.480 e. The Kier molecular flexibility index (Phi) is 4.11. The van der Waals surface area contributed by atoms with Gasteiger partial charge < -0.3 is 14.7 Å². The molecular formula is C14H21N3O3. The average molecular weight is 279 g/mol. The van der Waals surface area contributed by atoms with Crippen molar-refractivity contribution in [2.24, 2.45) is 0 Å². The Hall–Kier alpha value is -1.85. The fourth-order valence-electron chi connectivity index (χ4n) is 2.49. The summed E-state index contributed by atoms with van der Waals surface area (Å²) in [5.74, 6) is 0.269. The number of hydrogen-bond donors (Lipinski definition) is 1. The van der Waals surface area contributed by atoms with Crippen molar-refractivity contribution < 1.29 is 14.6 Å². The third-order valence-corrected chi connectivity index (χ3v) is 3.61. The van der Waals surface area contributed by atoms with Crippen LogP contribution in [0, 0.1) is 0 Å². The van der Waals surface area contributed by atoms with Crippen LogP contribution in [0.5, 0.6) is 5.88 Å². The molecule has 2 heterocycles. The lowest BCUT2D eigenvalue weighted by molar-refractivity contribution is -0.143. The molecule has 0 radical (unpaired) electrons. The molecule has 1 saturated heterocycles. The first-order valence-corrected chi connectivity index (χ1v) is 6.93. The van der Waals surface area contributed by atoms with Crippen LogP contribution in [0.3, 0.4) is 0 Å². The van der Waals surface area contributed by atoms with Gasteiger partial charge in [-0.15, -0.1) is 0 Å². The van der Waals surface area contributed by atoms with E-state index in [0.717, 1.165) is 12.8 Å². The van der Waals surface area contributed by atoms with Crippen LogP contribution in [0.1, 0.15) is 40.0 Å². The van der Waals surface area contributed by atoms with Crippen LogP contribution in [0.2, 0.25) is 0 Å². The molecular weight excluding hydrogens is 258 g/mol. The predicted octanol–water partition coefficient (Wildman–Crippen LogP) is 2.10. The molecule has 0 saturated carbocycles. The second-order valence-electron chi connectivity index (χ2n) is 5.57. The molecule has 1 aliphatic heterocycles. The Morgan fingerprint density at radius 2 is 2.20 bits per heavy atom. The number of rotatable bonds is 4. The summed E-state index contributed by atoms with van der Waals surface area (Å²) in [5.41, 5.74) is -0.915. The average Bonchev–Trinajstić information content (AvgIpc) is 2.38. The molecule has 6 nitrogen and oxygen atoms in total. The largest absolute Gasteiger partial charge is 0.480 e. The van der Waals surface area contributed by atoms with Gasteiger partial charge in [0.2, 0.25) is 5.88 Å². The Balaban J connectivity index is 2.31. The summed E-state index contributed by atoms with van der Waals surface area (Å²) in [5, 5.41) is 9.53. The molecule has 1 aromatic rings. The number of nitrogens with zero attached hydrogens (tertiary/aromatic N) is 3. The molecule has 110 valence electrons. The summed E-state index contributed by atoms with van der Waals surface area (Å²) < 4.78 is 5.55. The SMILES string of the molecule is CC(C)Oc1cc(N2CCCCC2(C)C(=O)O)ncn1. The molecule has 2 rings (SSSR count). The van der Waals surface area contributed by atoms with Crippen LogP contribution in [0.4, 0.5) is 5.82 Å². The Bertz CT molecular complexity index is 492. The van der Waals surface area contributed by atoms with Crippen LogP contribution in [-0.2, 0) is 4.79 Å². The van der Waals surface area contributed by atoms with Crippen molar-refractivity contribution in [1.82, 2.24) is 9.97 Å². The van der Waals surface area contributed by atoms with E-state index in [-0.39, 0.29) is 6.10 Å². The van der Waals surface area contributed by atoms with E-state index in [0.29, 0.717) is 24.7 Å². The van der Waals surface area contributed by atoms with Gasteiger partial charge >= 0.3 is 5.97 Å². The quantitative estimate of drug-likeness (QED) is 0.909. The lowest BCUT2D eigenvalue weighted by Gasteiger charge is -2.42. The topological polar surface area (TPSA) is 75.5 Å². The van der Waals surface area contributed by atoms with Crippen molar-refractivity contribution in [3.8, 4) is 5.88 Å². The van der Waals surface area contributed by atoms with Crippen molar-refractivity contribution >= 4 is 11.8 Å². The summed E-state index contributed by atoms with van der Waals surface area (Å²) in [6, 6.07) is 1.71. The van der Waals surface area contributed by atoms with Gasteiger partial charge in [0.05, 0.1) is 6.10 Å². The highest BCUT2D eigenvalue weighted by atomic mass is 16.5. The summed E-state index contributed by atoms with van der Waals surface area (Å²) in [4.78, 5) is 21.7. The number of carbonyl (C=O) groups is 1. The zero-order chi connectivity index (χ0) is 14.8. The van der Waals surface area contributed by atoms with E-state index < -0.39 is 11.5 Å². The highest BCUT2D eigenvalue weighted by Gasteiger charge is 2.42. The second-order valence-corrected chi connectivity index (χ2v) is 5.57. The van der Waals surface area contributed by atoms with Gasteiger partial charge in [0, 0.05) is 12.6 Å². The monoisotopic (exact) mass is 279 g/mol. The van der Waals surface area contributed by atoms with Gasteiger partial charge in [-0.05, 0) is 40.0 Å². The van der Waals surface area contributed by atoms with E-state index in [1.807, 2.05) is 18.7 Å². The highest BCUT2D eigenvalue weighted by Crippen LogP contribution is 2.32. The number of anilines is 1. The minimum absolute atomic E-state index is 0.0185. The zero-order valence-corrected chi connectivity index (χ0v) is 12.2. The number of aliphatic carboxylic acids is 1. The number of carboxylic acids is 1. The lowest BCUT2D eigenvalue weighted by atomic mass is 9.88. The van der Waals surface area contributed by atoms with Crippen LogP contribution in [0.25, 0.3) is 0 Å². The first-order chi connectivity index (χ1) is 9.43. The van der Waals surface area contributed by atoms with Gasteiger partial charge in [-0.2, -0.15) is 0 Å². The molecule has 0 bridgehead atoms. The van der Waals surface area contributed by atoms with Gasteiger partial charge in [-0.3, -0.25) is 0 Å². The maximum Gasteiger partial charge on any atom is 0.329 e. The van der Waals surface area contributed by atoms with Gasteiger partial charge in [-0.25, -0.2) is 14.8 Å². The molecule has 1 aromatic heterocycles. The molecule has 0 aromatic carbocycles. The molecule has 20 heavy (non-hydrogen) atoms. The van der Waals surface area contributed by atoms with Crippen LogP contribution < -0.4 is 9.64 Å². The molecule has 1 unspecified atom stereocenters. The van der Waals surface area contributed by atoms with Crippen LogP contribution >= 0.6 is 0 Å². The van der Waals surface area contributed by atoms with Crippen molar-refractivity contribution in [2.75, 3.05) is 11.4 Å². The lowest BCUT2D eigenvalue weighted by Crippen LogP contribution is -2.55. The second kappa shape index (κ2) is 5.64. The van der Waals surface area contributed by atoms with Crippen molar-refractivity contribution in [1.29, 1.82) is 0 Å². The molecule has 0 amide bonds. The van der Waals surface area contributed by atoms with Crippen LogP contribution in [-0.4, -0.2) is 39.2 Å². The first-order valence-electron chi connectivity index (χ1n) is 6.93. The molecule has 0 spiro atoms. The summed E-state index contributed by atoms with van der Waals surface area (Å²) in [6.07, 6.45) is 3.94. The van der Waals surface area contributed by atoms with Gasteiger partial charge in [0.15, 0.2) is 0 Å². The van der Waals surface area contributed by atoms with E-state index in [9.17, 15) is 9.90 Å². The smallest absolute Gasteiger partial charge is 0.329 e. The fraction of sp³-hybridized carbons (Fsp3) is 0.643. The number of ether oxygens (including phenoxy) is 1. The third kappa shape index (κ3) is 2.84. The molecule has 6 heteroatoms. The Morgan fingerprint density at radius 1 is 1.45 bits per heavy atom. The Morgan fingerprint density at radius 3 is 2.85 bits per heavy atom. The molecule has 1 atom stereocenters. The van der Waals surface area contributed by atoms with E-state index in [1.165, 1.54) is 6.33 Å². The number of hydrogen-bond acceptors (Lipinski definition) is 5. The maximum atomic E-state index is 11.6. The normalized spacial score (nSPS) is 22.9. The van der Waals surface area contributed by atoms with Gasteiger partial charge in [0.25, 0.3) is 0 Å². The zero-order valence-electron chi connectivity index (χ0n) is 12.2. The van der Waals surface area contributed by atoms with Crippen molar-refractivity contribution in [2.45, 2.75) is 51.7 Å². The van der Waals surface area contributed by atoms with E-state index in [4.69, 9.17) is 4.74 Å². The maximum absolute atomic E-state index is 11.6. The molecule has 1 aliphatic rings. The third-order valence-electron chi connectivity index (χ3n) is 3.61. The van der Waals surface area contributed by atoms with Crippen LogP contribution in [0.15, 0.2) is 12.4 Å². The van der Waals surface area contributed by atoms with Gasteiger partial charge in [0.1, 0.15) is 17.7 Å². The highest BCUT2D eigenvalue weighted by molar-refractivity contribution is 5.83. The number of carboxylic acid groups (broad SMARTS) is 1. The molecule has 1 fully saturated rings. The molecule has 0 aliphatic carbocycles. The predicted molar refractivity (Wildman–Crippen MR) is 75.0 cm³/mol. The molecule has 1 N–H and O–H groups in total. The van der Waals surface area contributed by atoms with Gasteiger partial charge in [-0.1, -0.05) is 0 Å². The van der Waals surface area contributed by atoms with E-state index in [1.54, 1.807) is 13.0 Å². The van der Waals surface area contributed by atoms with Crippen molar-refractivity contribution in [3.05, 3.63) is 12.4 Å². The summed E-state index contributed by atoms with van der Waals surface area (Å²) in [6.45, 7) is 6.27. The summed E-state index contributed by atoms with van der Waals surface area (Å²) >= 11 is 0. The Labute approximate surface area is 118 Å². The first kappa shape index (κ1) is 14.6. The standard InChI is InChI=1S/C14H21N3O3/c1-10(2)20-12-8-11(15-9-16-12)17-7-5-4-6-14(17,3)13(18)19/h8-10H,4-7H2,1-3H3,(H,18,19). The number of aromatic nitrogens is 2. The fourth-order valence-corrected chi connectivity index (χ4v) is 2.49. The van der Waals surface area contributed by atoms with E-state index in [2.05, 4.69) is 9.97 Å². The number of piperidine rings is 1. The van der Waals surface area contributed by atoms with Crippen molar-refractivity contribution in [3.63, 3.8) is 0 Å². The summed E-state index contributed by atoms with van der Waals surface area (Å²) in [7, 11) is 0. The minimum atomic E-state index is -0.915. The van der Waals surface area contributed by atoms with E-state index >= 15 is 0 Å².